The minimum absolute atomic E-state index is 0.168. The molecule has 0 saturated heterocycles. The molecule has 9 nitrogen and oxygen atoms in total. The molecule has 1 aromatic carbocycles. The number of anilines is 1. The molecule has 1 atom stereocenters. The number of nitrogens with zero attached hydrogens (tertiary/aromatic N) is 5. The van der Waals surface area contributed by atoms with E-state index in [-0.39, 0.29) is 18.4 Å². The summed E-state index contributed by atoms with van der Waals surface area (Å²) in [5.41, 5.74) is 1.62. The molecule has 0 aliphatic heterocycles. The van der Waals surface area contributed by atoms with Crippen molar-refractivity contribution < 1.29 is 9.59 Å². The van der Waals surface area contributed by atoms with Gasteiger partial charge in [0.15, 0.2) is 11.0 Å². The summed E-state index contributed by atoms with van der Waals surface area (Å²) in [5, 5.41) is 23.3. The van der Waals surface area contributed by atoms with Gasteiger partial charge in [0.25, 0.3) is 5.91 Å². The summed E-state index contributed by atoms with van der Waals surface area (Å²) in [6.45, 7) is 8.40. The number of thioether (sulfide) groups is 1. The van der Waals surface area contributed by atoms with E-state index in [1.54, 1.807) is 13.0 Å². The molecule has 2 N–H and O–H groups in total. The Bertz CT molecular complexity index is 1050. The van der Waals surface area contributed by atoms with E-state index in [2.05, 4.69) is 31.0 Å². The normalized spacial score (nSPS) is 11.9. The number of nitrogens with one attached hydrogen (secondary N) is 2. The van der Waals surface area contributed by atoms with Crippen LogP contribution in [0.4, 0.5) is 5.13 Å². The monoisotopic (exact) mass is 445 g/mol. The number of hydrogen-bond acceptors (Lipinski definition) is 8. The summed E-state index contributed by atoms with van der Waals surface area (Å²) in [7, 11) is 0. The fourth-order valence-corrected chi connectivity index (χ4v) is 4.19. The quantitative estimate of drug-likeness (QED) is 0.512. The number of aromatic nitrogens is 5. The Morgan fingerprint density at radius 2 is 2.00 bits per heavy atom. The Morgan fingerprint density at radius 3 is 2.67 bits per heavy atom. The first-order chi connectivity index (χ1) is 14.4. The van der Waals surface area contributed by atoms with E-state index < -0.39 is 5.25 Å². The average Bonchev–Trinajstić information content (AvgIpc) is 3.31. The van der Waals surface area contributed by atoms with E-state index in [1.807, 2.05) is 43.5 Å². The standard InChI is InChI=1S/C19H23N7O2S2/c1-5-26-15(10-20-17(28)14-8-6-7-11(2)9-14)23-25-19(26)29-12(3)16(27)21-18-24-22-13(4)30-18/h6-9,12H,5,10H2,1-4H3,(H,20,28)(H,21,24,27)/t12-/m1/s1. The Labute approximate surface area is 182 Å². The number of aryl methyl sites for hydroxylation is 2. The molecule has 0 saturated carbocycles. The molecular formula is C19H23N7O2S2. The maximum Gasteiger partial charge on any atom is 0.251 e. The zero-order valence-corrected chi connectivity index (χ0v) is 18.8. The van der Waals surface area contributed by atoms with Crippen molar-refractivity contribution in [2.24, 2.45) is 0 Å². The van der Waals surface area contributed by atoms with Gasteiger partial charge in [-0.25, -0.2) is 0 Å². The zero-order chi connectivity index (χ0) is 21.7. The topological polar surface area (TPSA) is 115 Å². The first kappa shape index (κ1) is 21.9. The van der Waals surface area contributed by atoms with Gasteiger partial charge in [-0.15, -0.1) is 20.4 Å². The summed E-state index contributed by atoms with van der Waals surface area (Å²) >= 11 is 2.63. The zero-order valence-electron chi connectivity index (χ0n) is 17.2. The van der Waals surface area contributed by atoms with E-state index in [9.17, 15) is 9.59 Å². The minimum Gasteiger partial charge on any atom is -0.345 e. The van der Waals surface area contributed by atoms with Crippen molar-refractivity contribution in [3.8, 4) is 0 Å². The van der Waals surface area contributed by atoms with E-state index >= 15 is 0 Å². The third kappa shape index (κ3) is 5.42. The second kappa shape index (κ2) is 9.81. The molecule has 2 heterocycles. The lowest BCUT2D eigenvalue weighted by atomic mass is 10.1. The summed E-state index contributed by atoms with van der Waals surface area (Å²) in [5.74, 6) is 0.281. The molecule has 2 amide bonds. The number of benzene rings is 1. The molecule has 2 aromatic heterocycles. The Balaban J connectivity index is 1.61. The van der Waals surface area contributed by atoms with E-state index in [1.165, 1.54) is 23.1 Å². The predicted octanol–water partition coefficient (Wildman–Crippen LogP) is 2.82. The van der Waals surface area contributed by atoms with Crippen molar-refractivity contribution in [1.29, 1.82) is 0 Å². The molecule has 0 fully saturated rings. The SMILES string of the molecule is CCn1c(CNC(=O)c2cccc(C)c2)nnc1S[C@H](C)C(=O)Nc1nnc(C)s1. The first-order valence-electron chi connectivity index (χ1n) is 9.42. The van der Waals surface area contributed by atoms with E-state index in [0.717, 1.165) is 10.6 Å². The first-order valence-corrected chi connectivity index (χ1v) is 11.1. The molecule has 11 heteroatoms. The van der Waals surface area contributed by atoms with E-state index in [0.29, 0.717) is 28.2 Å². The van der Waals surface area contributed by atoms with Gasteiger partial charge < -0.3 is 9.88 Å². The minimum atomic E-state index is -0.404. The lowest BCUT2D eigenvalue weighted by molar-refractivity contribution is -0.115. The summed E-state index contributed by atoms with van der Waals surface area (Å²) < 4.78 is 1.89. The second-order valence-electron chi connectivity index (χ2n) is 6.57. The number of amides is 2. The Hall–Kier alpha value is -2.79. The lowest BCUT2D eigenvalue weighted by Crippen LogP contribution is -2.25. The molecule has 0 radical (unpaired) electrons. The van der Waals surface area contributed by atoms with Crippen LogP contribution in [0, 0.1) is 13.8 Å². The highest BCUT2D eigenvalue weighted by atomic mass is 32.2. The summed E-state index contributed by atoms with van der Waals surface area (Å²) in [4.78, 5) is 24.8. The van der Waals surface area contributed by atoms with Crippen molar-refractivity contribution in [2.75, 3.05) is 5.32 Å². The van der Waals surface area contributed by atoms with Crippen LogP contribution in [0.15, 0.2) is 29.4 Å². The van der Waals surface area contributed by atoms with Crippen LogP contribution < -0.4 is 10.6 Å². The van der Waals surface area contributed by atoms with Crippen LogP contribution in [0.5, 0.6) is 0 Å². The highest BCUT2D eigenvalue weighted by Crippen LogP contribution is 2.24. The van der Waals surface area contributed by atoms with Crippen molar-refractivity contribution in [3.63, 3.8) is 0 Å². The summed E-state index contributed by atoms with van der Waals surface area (Å²) in [6, 6.07) is 7.40. The molecule has 30 heavy (non-hydrogen) atoms. The van der Waals surface area contributed by atoms with Crippen molar-refractivity contribution in [1.82, 2.24) is 30.3 Å². The number of carbonyl (C=O) groups excluding carboxylic acids is 2. The Kier molecular flexibility index (Phi) is 7.16. The van der Waals surface area contributed by atoms with Crippen LogP contribution in [0.2, 0.25) is 0 Å². The van der Waals surface area contributed by atoms with Gasteiger partial charge in [0.05, 0.1) is 11.8 Å². The highest BCUT2D eigenvalue weighted by Gasteiger charge is 2.21. The molecule has 0 aliphatic rings. The van der Waals surface area contributed by atoms with Gasteiger partial charge in [-0.05, 0) is 39.8 Å². The molecule has 3 rings (SSSR count). The third-order valence-corrected chi connectivity index (χ3v) is 6.04. The smallest absolute Gasteiger partial charge is 0.251 e. The maximum absolute atomic E-state index is 12.4. The van der Waals surface area contributed by atoms with Crippen LogP contribution >= 0.6 is 23.1 Å². The summed E-state index contributed by atoms with van der Waals surface area (Å²) in [6.07, 6.45) is 0. The van der Waals surface area contributed by atoms with Crippen LogP contribution in [0.3, 0.4) is 0 Å². The molecule has 3 aromatic rings. The van der Waals surface area contributed by atoms with Crippen molar-refractivity contribution in [3.05, 3.63) is 46.2 Å². The predicted molar refractivity (Wildman–Crippen MR) is 117 cm³/mol. The molecule has 0 bridgehead atoms. The lowest BCUT2D eigenvalue weighted by Gasteiger charge is -2.12. The molecule has 158 valence electrons. The third-order valence-electron chi connectivity index (χ3n) is 4.20. The molecule has 0 unspecified atom stereocenters. The van der Waals surface area contributed by atoms with Gasteiger partial charge in [-0.1, -0.05) is 40.8 Å². The molecular weight excluding hydrogens is 422 g/mol. The van der Waals surface area contributed by atoms with Crippen LogP contribution in [0.25, 0.3) is 0 Å². The van der Waals surface area contributed by atoms with Gasteiger partial charge in [0.1, 0.15) is 5.01 Å². The maximum atomic E-state index is 12.4. The van der Waals surface area contributed by atoms with Crippen molar-refractivity contribution >= 4 is 40.0 Å². The number of hydrogen-bond donors (Lipinski definition) is 2. The average molecular weight is 446 g/mol. The second-order valence-corrected chi connectivity index (χ2v) is 9.06. The molecule has 0 aliphatic carbocycles. The molecule has 0 spiro atoms. The van der Waals surface area contributed by atoms with Gasteiger partial charge in [0, 0.05) is 12.1 Å². The van der Waals surface area contributed by atoms with Crippen molar-refractivity contribution in [2.45, 2.75) is 51.2 Å². The van der Waals surface area contributed by atoms with Crippen LogP contribution in [0.1, 0.15) is 40.6 Å². The number of carbonyl (C=O) groups is 2. The highest BCUT2D eigenvalue weighted by molar-refractivity contribution is 8.00. The van der Waals surface area contributed by atoms with Gasteiger partial charge in [-0.3, -0.25) is 14.9 Å². The van der Waals surface area contributed by atoms with Crippen LogP contribution in [-0.4, -0.2) is 42.0 Å². The fraction of sp³-hybridized carbons (Fsp3) is 0.368. The fourth-order valence-electron chi connectivity index (χ4n) is 2.67. The van der Waals surface area contributed by atoms with Gasteiger partial charge >= 0.3 is 0 Å². The Morgan fingerprint density at radius 1 is 1.20 bits per heavy atom. The van der Waals surface area contributed by atoms with Crippen LogP contribution in [-0.2, 0) is 17.9 Å². The number of rotatable bonds is 8. The van der Waals surface area contributed by atoms with E-state index in [4.69, 9.17) is 0 Å². The largest absolute Gasteiger partial charge is 0.345 e. The van der Waals surface area contributed by atoms with Gasteiger partial charge in [0.2, 0.25) is 11.0 Å². The van der Waals surface area contributed by atoms with Gasteiger partial charge in [-0.2, -0.15) is 0 Å².